The Kier molecular flexibility index (Phi) is 5.33. The molecular weight excluding hydrogens is 284 g/mol. The van der Waals surface area contributed by atoms with Crippen molar-refractivity contribution >= 4 is 34.7 Å². The summed E-state index contributed by atoms with van der Waals surface area (Å²) in [6.07, 6.45) is 2.71. The second-order valence-electron chi connectivity index (χ2n) is 5.64. The van der Waals surface area contributed by atoms with E-state index in [0.29, 0.717) is 11.0 Å². The number of nitrogens with two attached hydrogens (primary N) is 1. The third-order valence-electron chi connectivity index (χ3n) is 3.64. The van der Waals surface area contributed by atoms with E-state index >= 15 is 0 Å². The summed E-state index contributed by atoms with van der Waals surface area (Å²) in [4.78, 5) is 4.18. The molecule has 0 atom stereocenters. The molecule has 1 aliphatic rings. The van der Waals surface area contributed by atoms with Gasteiger partial charge in [-0.3, -0.25) is 0 Å². The second-order valence-corrected chi connectivity index (χ2v) is 7.38. The standard InChI is InChI=1S/C16H24N2S2/c1-4-20-14-7-5-6-13(15(14)16(17)19)18(11(2)3)10-12-8-9-12/h5-7,11-12H,4,8-10H2,1-3H3,(H2,17,19). The number of benzene rings is 1. The van der Waals surface area contributed by atoms with Crippen molar-refractivity contribution in [3.63, 3.8) is 0 Å². The van der Waals surface area contributed by atoms with Gasteiger partial charge in [-0.15, -0.1) is 11.8 Å². The first-order chi connectivity index (χ1) is 9.54. The van der Waals surface area contributed by atoms with E-state index in [4.69, 9.17) is 18.0 Å². The van der Waals surface area contributed by atoms with Crippen LogP contribution in [-0.2, 0) is 0 Å². The minimum atomic E-state index is 0.463. The van der Waals surface area contributed by atoms with Crippen molar-refractivity contribution in [1.29, 1.82) is 0 Å². The van der Waals surface area contributed by atoms with Crippen LogP contribution in [0.3, 0.4) is 0 Å². The van der Waals surface area contributed by atoms with E-state index in [-0.39, 0.29) is 0 Å². The van der Waals surface area contributed by atoms with Gasteiger partial charge in [0.05, 0.1) is 0 Å². The average Bonchev–Trinajstić information content (AvgIpc) is 3.19. The van der Waals surface area contributed by atoms with E-state index in [2.05, 4.69) is 43.9 Å². The first kappa shape index (κ1) is 15.6. The molecule has 1 aliphatic carbocycles. The van der Waals surface area contributed by atoms with Crippen molar-refractivity contribution in [1.82, 2.24) is 0 Å². The highest BCUT2D eigenvalue weighted by molar-refractivity contribution is 7.99. The summed E-state index contributed by atoms with van der Waals surface area (Å²) in [5, 5.41) is 0. The van der Waals surface area contributed by atoms with Gasteiger partial charge in [-0.25, -0.2) is 0 Å². The Morgan fingerprint density at radius 1 is 1.45 bits per heavy atom. The van der Waals surface area contributed by atoms with Crippen LogP contribution in [0.2, 0.25) is 0 Å². The maximum atomic E-state index is 6.02. The molecule has 0 aromatic heterocycles. The lowest BCUT2D eigenvalue weighted by molar-refractivity contribution is 0.643. The lowest BCUT2D eigenvalue weighted by atomic mass is 10.1. The monoisotopic (exact) mass is 308 g/mol. The van der Waals surface area contributed by atoms with Crippen LogP contribution in [0.5, 0.6) is 0 Å². The summed E-state index contributed by atoms with van der Waals surface area (Å²) in [5.41, 5.74) is 8.29. The van der Waals surface area contributed by atoms with Crippen LogP contribution >= 0.6 is 24.0 Å². The average molecular weight is 309 g/mol. The van der Waals surface area contributed by atoms with E-state index in [1.54, 1.807) is 0 Å². The van der Waals surface area contributed by atoms with Crippen LogP contribution < -0.4 is 10.6 Å². The lowest BCUT2D eigenvalue weighted by Gasteiger charge is -2.31. The van der Waals surface area contributed by atoms with Crippen molar-refractivity contribution in [3.05, 3.63) is 23.8 Å². The molecule has 2 nitrogen and oxygen atoms in total. The molecule has 0 radical (unpaired) electrons. The van der Waals surface area contributed by atoms with Crippen molar-refractivity contribution < 1.29 is 0 Å². The summed E-state index contributed by atoms with van der Waals surface area (Å²) in [7, 11) is 0. The fourth-order valence-electron chi connectivity index (χ4n) is 2.45. The Hall–Kier alpha value is -0.740. The van der Waals surface area contributed by atoms with Gasteiger partial charge in [0.2, 0.25) is 0 Å². The molecule has 0 spiro atoms. The van der Waals surface area contributed by atoms with Crippen molar-refractivity contribution in [2.24, 2.45) is 11.7 Å². The molecule has 0 saturated heterocycles. The van der Waals surface area contributed by atoms with Gasteiger partial charge in [-0.2, -0.15) is 0 Å². The highest BCUT2D eigenvalue weighted by Gasteiger charge is 2.27. The highest BCUT2D eigenvalue weighted by atomic mass is 32.2. The normalized spacial score (nSPS) is 14.6. The van der Waals surface area contributed by atoms with E-state index in [9.17, 15) is 0 Å². The molecule has 1 fully saturated rings. The van der Waals surface area contributed by atoms with Crippen molar-refractivity contribution in [3.8, 4) is 0 Å². The Labute approximate surface area is 132 Å². The van der Waals surface area contributed by atoms with E-state index in [1.807, 2.05) is 11.8 Å². The number of rotatable bonds is 7. The van der Waals surface area contributed by atoms with Gasteiger partial charge in [0, 0.05) is 28.7 Å². The second kappa shape index (κ2) is 6.81. The van der Waals surface area contributed by atoms with Crippen molar-refractivity contribution in [2.45, 2.75) is 44.6 Å². The molecule has 0 aliphatic heterocycles. The van der Waals surface area contributed by atoms with Gasteiger partial charge >= 0.3 is 0 Å². The topological polar surface area (TPSA) is 29.3 Å². The van der Waals surface area contributed by atoms with Crippen molar-refractivity contribution in [2.75, 3.05) is 17.2 Å². The smallest absolute Gasteiger partial charge is 0.107 e. The number of hydrogen-bond donors (Lipinski definition) is 1. The van der Waals surface area contributed by atoms with Crippen LogP contribution in [0.15, 0.2) is 23.1 Å². The predicted octanol–water partition coefficient (Wildman–Crippen LogP) is 4.06. The SMILES string of the molecule is CCSc1cccc(N(CC2CC2)C(C)C)c1C(N)=S. The van der Waals surface area contributed by atoms with Gasteiger partial charge in [-0.1, -0.05) is 25.2 Å². The third-order valence-corrected chi connectivity index (χ3v) is 4.78. The van der Waals surface area contributed by atoms with Gasteiger partial charge in [0.25, 0.3) is 0 Å². The molecule has 0 bridgehead atoms. The zero-order chi connectivity index (χ0) is 14.7. The Bertz CT molecular complexity index is 481. The summed E-state index contributed by atoms with van der Waals surface area (Å²) in [6, 6.07) is 6.88. The predicted molar refractivity (Wildman–Crippen MR) is 93.9 cm³/mol. The molecule has 4 heteroatoms. The first-order valence-electron chi connectivity index (χ1n) is 7.36. The van der Waals surface area contributed by atoms with Gasteiger partial charge in [-0.05, 0) is 50.5 Å². The van der Waals surface area contributed by atoms with E-state index < -0.39 is 0 Å². The molecule has 110 valence electrons. The van der Waals surface area contributed by atoms with Gasteiger partial charge in [0.1, 0.15) is 4.99 Å². The molecule has 0 unspecified atom stereocenters. The lowest BCUT2D eigenvalue weighted by Crippen LogP contribution is -2.34. The molecule has 20 heavy (non-hydrogen) atoms. The van der Waals surface area contributed by atoms with Gasteiger partial charge in [0.15, 0.2) is 0 Å². The van der Waals surface area contributed by atoms with Crippen LogP contribution in [0.25, 0.3) is 0 Å². The molecule has 2 rings (SSSR count). The number of thioether (sulfide) groups is 1. The Morgan fingerprint density at radius 3 is 2.65 bits per heavy atom. The molecule has 1 aromatic rings. The third kappa shape index (κ3) is 3.67. The highest BCUT2D eigenvalue weighted by Crippen LogP contribution is 2.36. The molecule has 1 saturated carbocycles. The molecule has 2 N–H and O–H groups in total. The summed E-state index contributed by atoms with van der Waals surface area (Å²) < 4.78 is 0. The van der Waals surface area contributed by atoms with E-state index in [1.165, 1.54) is 23.4 Å². The summed E-state index contributed by atoms with van der Waals surface area (Å²) >= 11 is 7.14. The molecule has 1 aromatic carbocycles. The zero-order valence-corrected chi connectivity index (χ0v) is 14.2. The summed E-state index contributed by atoms with van der Waals surface area (Å²) in [6.45, 7) is 7.76. The number of hydrogen-bond acceptors (Lipinski definition) is 3. The largest absolute Gasteiger partial charge is 0.389 e. The first-order valence-corrected chi connectivity index (χ1v) is 8.76. The maximum absolute atomic E-state index is 6.02. The minimum absolute atomic E-state index is 0.463. The fourth-order valence-corrected chi connectivity index (χ4v) is 3.57. The molecule has 0 amide bonds. The van der Waals surface area contributed by atoms with E-state index in [0.717, 1.165) is 23.8 Å². The quantitative estimate of drug-likeness (QED) is 0.607. The number of thiocarbonyl (C=S) groups is 1. The van der Waals surface area contributed by atoms with Crippen LogP contribution in [0.4, 0.5) is 5.69 Å². The number of anilines is 1. The maximum Gasteiger partial charge on any atom is 0.107 e. The van der Waals surface area contributed by atoms with Crippen LogP contribution in [0, 0.1) is 5.92 Å². The molecular formula is C16H24N2S2. The summed E-state index contributed by atoms with van der Waals surface area (Å²) in [5.74, 6) is 1.88. The zero-order valence-electron chi connectivity index (χ0n) is 12.6. The minimum Gasteiger partial charge on any atom is -0.389 e. The van der Waals surface area contributed by atoms with Crippen LogP contribution in [0.1, 0.15) is 39.2 Å². The Morgan fingerprint density at radius 2 is 2.15 bits per heavy atom. The van der Waals surface area contributed by atoms with Gasteiger partial charge < -0.3 is 10.6 Å². The van der Waals surface area contributed by atoms with Crippen LogP contribution in [-0.4, -0.2) is 23.3 Å². The number of nitrogens with zero attached hydrogens (tertiary/aromatic N) is 1. The fraction of sp³-hybridized carbons (Fsp3) is 0.562. The molecule has 0 heterocycles. The Balaban J connectivity index is 2.40.